The third kappa shape index (κ3) is 5.72. The first-order chi connectivity index (χ1) is 17.1. The molecule has 176 valence electrons. The predicted octanol–water partition coefficient (Wildman–Crippen LogP) is 3.59. The smallest absolute Gasteiger partial charge is 0.338 e. The molecule has 0 spiro atoms. The van der Waals surface area contributed by atoms with Gasteiger partial charge in [-0.2, -0.15) is 5.26 Å². The van der Waals surface area contributed by atoms with Crippen LogP contribution < -0.4 is 0 Å². The van der Waals surface area contributed by atoms with E-state index in [1.807, 2.05) is 6.07 Å². The molecule has 0 radical (unpaired) electrons. The summed E-state index contributed by atoms with van der Waals surface area (Å²) in [5.74, 6) is -2.01. The Balaban J connectivity index is 1.55. The molecule has 0 amide bonds. The van der Waals surface area contributed by atoms with Gasteiger partial charge in [-0.3, -0.25) is 0 Å². The van der Waals surface area contributed by atoms with Crippen molar-refractivity contribution in [1.82, 2.24) is 0 Å². The first-order valence-corrected chi connectivity index (χ1v) is 10.9. The zero-order valence-electron chi connectivity index (χ0n) is 18.5. The number of nitriles is 1. The van der Waals surface area contributed by atoms with Gasteiger partial charge in [0.1, 0.15) is 12.7 Å². The van der Waals surface area contributed by atoms with Crippen LogP contribution in [0.5, 0.6) is 0 Å². The van der Waals surface area contributed by atoms with E-state index in [1.165, 1.54) is 0 Å². The number of esters is 3. The number of nitrogens with zero attached hydrogens (tertiary/aromatic N) is 1. The largest absolute Gasteiger partial charge is 0.459 e. The molecular weight excluding hydrogens is 450 g/mol. The molecule has 0 saturated carbocycles. The van der Waals surface area contributed by atoms with Gasteiger partial charge in [0.25, 0.3) is 0 Å². The summed E-state index contributed by atoms with van der Waals surface area (Å²) in [7, 11) is 0. The lowest BCUT2D eigenvalue weighted by molar-refractivity contribution is -0.0437. The summed E-state index contributed by atoms with van der Waals surface area (Å²) >= 11 is 0. The molecule has 4 atom stereocenters. The normalized spacial score (nSPS) is 20.9. The summed E-state index contributed by atoms with van der Waals surface area (Å²) in [5.41, 5.74) is 0.851. The topological polar surface area (TPSA) is 112 Å². The number of carbonyl (C=O) groups is 3. The number of hydrogen-bond acceptors (Lipinski definition) is 8. The number of rotatable bonds is 7. The van der Waals surface area contributed by atoms with Crippen molar-refractivity contribution >= 4 is 17.9 Å². The highest BCUT2D eigenvalue weighted by Crippen LogP contribution is 2.29. The fraction of sp³-hybridized carbons (Fsp3) is 0.185. The van der Waals surface area contributed by atoms with Crippen molar-refractivity contribution < 1.29 is 33.3 Å². The number of carbonyl (C=O) groups excluding carboxylic acids is 3. The first-order valence-electron chi connectivity index (χ1n) is 10.9. The average Bonchev–Trinajstić information content (AvgIpc) is 3.24. The van der Waals surface area contributed by atoms with Gasteiger partial charge >= 0.3 is 17.9 Å². The Bertz CT molecular complexity index is 1210. The summed E-state index contributed by atoms with van der Waals surface area (Å²) in [4.78, 5) is 37.9. The molecule has 35 heavy (non-hydrogen) atoms. The lowest BCUT2D eigenvalue weighted by Gasteiger charge is -2.23. The zero-order valence-corrected chi connectivity index (χ0v) is 18.5. The minimum Gasteiger partial charge on any atom is -0.459 e. The van der Waals surface area contributed by atoms with Crippen molar-refractivity contribution in [3.05, 3.63) is 108 Å². The molecule has 3 aromatic rings. The molecule has 8 heteroatoms. The fourth-order valence-electron chi connectivity index (χ4n) is 3.58. The second kappa shape index (κ2) is 11.1. The van der Waals surface area contributed by atoms with Crippen LogP contribution in [-0.2, 0) is 18.9 Å². The number of benzene rings is 3. The zero-order chi connectivity index (χ0) is 24.6. The van der Waals surface area contributed by atoms with E-state index in [2.05, 4.69) is 0 Å². The van der Waals surface area contributed by atoms with Gasteiger partial charge in [-0.1, -0.05) is 54.6 Å². The second-order valence-electron chi connectivity index (χ2n) is 7.66. The van der Waals surface area contributed by atoms with Gasteiger partial charge in [-0.15, -0.1) is 0 Å². The SMILES string of the molecule is N#C[C@H]1O[C@H](COC(=O)c2ccccc2)[C@@H](OC(=O)c2ccccc2)[C@H]1OC(=O)c1ccccc1. The molecule has 0 N–H and O–H groups in total. The third-order valence-corrected chi connectivity index (χ3v) is 5.33. The molecular formula is C27H21NO7. The fourth-order valence-corrected chi connectivity index (χ4v) is 3.58. The molecule has 0 bridgehead atoms. The molecule has 8 nitrogen and oxygen atoms in total. The molecule has 1 fully saturated rings. The standard InChI is InChI=1S/C27H21NO7/c28-16-21-23(34-26(30)19-12-6-2-7-13-19)24(35-27(31)20-14-8-3-9-15-20)22(33-21)17-32-25(29)18-10-4-1-5-11-18/h1-15,21-24H,17H2/t21-,22-,23+,24-/m1/s1. The van der Waals surface area contributed by atoms with Crippen LogP contribution in [0.1, 0.15) is 31.1 Å². The minimum atomic E-state index is -1.24. The molecule has 0 aliphatic carbocycles. The highest BCUT2D eigenvalue weighted by atomic mass is 16.6. The van der Waals surface area contributed by atoms with Crippen molar-refractivity contribution in [2.75, 3.05) is 6.61 Å². The molecule has 1 heterocycles. The molecule has 0 aromatic heterocycles. The van der Waals surface area contributed by atoms with E-state index in [4.69, 9.17) is 18.9 Å². The Morgan fingerprint density at radius 2 is 1.11 bits per heavy atom. The molecule has 3 aromatic carbocycles. The van der Waals surface area contributed by atoms with Gasteiger partial charge in [-0.05, 0) is 36.4 Å². The van der Waals surface area contributed by atoms with E-state index in [-0.39, 0.29) is 17.7 Å². The van der Waals surface area contributed by atoms with Crippen LogP contribution in [0.4, 0.5) is 0 Å². The lowest BCUT2D eigenvalue weighted by Crippen LogP contribution is -2.41. The van der Waals surface area contributed by atoms with Gasteiger partial charge in [0.05, 0.1) is 22.8 Å². The van der Waals surface area contributed by atoms with Crippen molar-refractivity contribution in [3.63, 3.8) is 0 Å². The van der Waals surface area contributed by atoms with E-state index in [0.717, 1.165) is 0 Å². The Labute approximate surface area is 201 Å². The van der Waals surface area contributed by atoms with E-state index in [9.17, 15) is 19.6 Å². The van der Waals surface area contributed by atoms with Gasteiger partial charge in [0.2, 0.25) is 0 Å². The maximum Gasteiger partial charge on any atom is 0.338 e. The van der Waals surface area contributed by atoms with E-state index in [0.29, 0.717) is 5.56 Å². The second-order valence-corrected chi connectivity index (χ2v) is 7.66. The summed E-state index contributed by atoms with van der Waals surface area (Å²) in [6.45, 7) is -0.321. The average molecular weight is 471 g/mol. The Morgan fingerprint density at radius 1 is 0.686 bits per heavy atom. The first kappa shape index (κ1) is 23.7. The maximum absolute atomic E-state index is 12.8. The van der Waals surface area contributed by atoms with E-state index in [1.54, 1.807) is 91.0 Å². The molecule has 1 aliphatic rings. The van der Waals surface area contributed by atoms with Gasteiger partial charge < -0.3 is 18.9 Å². The summed E-state index contributed by atoms with van der Waals surface area (Å²) in [6.07, 6.45) is -4.70. The molecule has 1 saturated heterocycles. The molecule has 1 aliphatic heterocycles. The Morgan fingerprint density at radius 3 is 1.57 bits per heavy atom. The minimum absolute atomic E-state index is 0.260. The quantitative estimate of drug-likeness (QED) is 0.380. The number of hydrogen-bond donors (Lipinski definition) is 0. The Kier molecular flexibility index (Phi) is 7.50. The maximum atomic E-state index is 12.8. The lowest BCUT2D eigenvalue weighted by atomic mass is 10.1. The van der Waals surface area contributed by atoms with E-state index >= 15 is 0 Å². The van der Waals surface area contributed by atoms with Crippen LogP contribution in [0.2, 0.25) is 0 Å². The Hall–Kier alpha value is -4.48. The number of ether oxygens (including phenoxy) is 4. The van der Waals surface area contributed by atoms with Crippen LogP contribution in [0, 0.1) is 11.3 Å². The third-order valence-electron chi connectivity index (χ3n) is 5.33. The van der Waals surface area contributed by atoms with Crippen molar-refractivity contribution in [2.45, 2.75) is 24.4 Å². The van der Waals surface area contributed by atoms with Gasteiger partial charge in [0, 0.05) is 0 Å². The highest BCUT2D eigenvalue weighted by molar-refractivity contribution is 5.91. The van der Waals surface area contributed by atoms with Crippen LogP contribution in [-0.4, -0.2) is 48.9 Å². The molecule has 4 rings (SSSR count). The predicted molar refractivity (Wildman–Crippen MR) is 122 cm³/mol. The summed E-state index contributed by atoms with van der Waals surface area (Å²) < 4.78 is 22.3. The monoisotopic (exact) mass is 471 g/mol. The van der Waals surface area contributed by atoms with Crippen molar-refractivity contribution in [2.24, 2.45) is 0 Å². The van der Waals surface area contributed by atoms with Crippen molar-refractivity contribution in [1.29, 1.82) is 5.26 Å². The summed E-state index contributed by atoms with van der Waals surface area (Å²) in [5, 5.41) is 9.65. The van der Waals surface area contributed by atoms with Crippen LogP contribution >= 0.6 is 0 Å². The van der Waals surface area contributed by atoms with Crippen LogP contribution in [0.15, 0.2) is 91.0 Å². The highest BCUT2D eigenvalue weighted by Gasteiger charge is 2.50. The van der Waals surface area contributed by atoms with Crippen molar-refractivity contribution in [3.8, 4) is 6.07 Å². The summed E-state index contributed by atoms with van der Waals surface area (Å²) in [6, 6.07) is 26.7. The van der Waals surface area contributed by atoms with E-state index < -0.39 is 42.3 Å². The van der Waals surface area contributed by atoms with Crippen LogP contribution in [0.25, 0.3) is 0 Å². The molecule has 0 unspecified atom stereocenters. The van der Waals surface area contributed by atoms with Gasteiger partial charge in [0.15, 0.2) is 18.3 Å². The van der Waals surface area contributed by atoms with Gasteiger partial charge in [-0.25, -0.2) is 14.4 Å². The van der Waals surface area contributed by atoms with Crippen LogP contribution in [0.3, 0.4) is 0 Å².